The van der Waals surface area contributed by atoms with Crippen molar-refractivity contribution in [2.45, 2.75) is 50.7 Å². The van der Waals surface area contributed by atoms with Gasteiger partial charge in [0, 0.05) is 12.7 Å². The number of likely N-dealkylation sites (tertiary alicyclic amines) is 1. The second-order valence-corrected chi connectivity index (χ2v) is 9.05. The Labute approximate surface area is 180 Å². The summed E-state index contributed by atoms with van der Waals surface area (Å²) in [6.07, 6.45) is -2.03. The zero-order valence-corrected chi connectivity index (χ0v) is 17.9. The molecule has 30 heavy (non-hydrogen) atoms. The van der Waals surface area contributed by atoms with Crippen molar-refractivity contribution in [1.82, 2.24) is 14.9 Å². The van der Waals surface area contributed by atoms with Gasteiger partial charge in [-0.25, -0.2) is 4.98 Å². The van der Waals surface area contributed by atoms with E-state index in [0.29, 0.717) is 34.8 Å². The van der Waals surface area contributed by atoms with Crippen LogP contribution in [0.4, 0.5) is 13.2 Å². The number of primary amides is 1. The topological polar surface area (TPSA) is 89.2 Å². The highest BCUT2D eigenvalue weighted by Crippen LogP contribution is 2.41. The Hall–Kier alpha value is -2.20. The highest BCUT2D eigenvalue weighted by atomic mass is 35.5. The van der Waals surface area contributed by atoms with Crippen LogP contribution >= 0.6 is 22.9 Å². The number of pyridine rings is 1. The number of aromatic nitrogens is 2. The lowest BCUT2D eigenvalue weighted by Gasteiger charge is -2.27. The maximum Gasteiger partial charge on any atom is 0.399 e. The summed E-state index contributed by atoms with van der Waals surface area (Å²) in [6, 6.07) is 2.26. The van der Waals surface area contributed by atoms with Crippen molar-refractivity contribution in [1.29, 1.82) is 0 Å². The minimum Gasteiger partial charge on any atom is -0.368 e. The predicted octanol–water partition coefficient (Wildman–Crippen LogP) is 3.72. The number of alkyl halides is 3. The Morgan fingerprint density at radius 1 is 1.37 bits per heavy atom. The SMILES string of the molecule is CC(C)(c1cc(-c2sc(CC(=O)N3CCC[C@H]3C(N)=O)nc2Cl)ccn1)C(F)(F)F. The van der Waals surface area contributed by atoms with Gasteiger partial charge >= 0.3 is 6.18 Å². The van der Waals surface area contributed by atoms with Crippen LogP contribution in [0.1, 0.15) is 37.4 Å². The first kappa shape index (κ1) is 22.5. The van der Waals surface area contributed by atoms with E-state index in [1.807, 2.05) is 0 Å². The molecule has 1 fully saturated rings. The number of carbonyl (C=O) groups is 2. The first-order valence-corrected chi connectivity index (χ1v) is 10.4. The Balaban J connectivity index is 1.84. The molecule has 0 unspecified atom stereocenters. The molecule has 6 nitrogen and oxygen atoms in total. The number of nitrogens with zero attached hydrogens (tertiary/aromatic N) is 3. The molecule has 1 saturated heterocycles. The van der Waals surface area contributed by atoms with Crippen LogP contribution in [0.25, 0.3) is 10.4 Å². The predicted molar refractivity (Wildman–Crippen MR) is 107 cm³/mol. The summed E-state index contributed by atoms with van der Waals surface area (Å²) in [6.45, 7) is 2.56. The summed E-state index contributed by atoms with van der Waals surface area (Å²) in [7, 11) is 0. The quantitative estimate of drug-likeness (QED) is 0.736. The van der Waals surface area contributed by atoms with Crippen molar-refractivity contribution in [2.24, 2.45) is 5.73 Å². The largest absolute Gasteiger partial charge is 0.399 e. The fraction of sp³-hybridized carbons (Fsp3) is 0.474. The standard InChI is InChI=1S/C19H20ClF3N4O2S/c1-18(2,19(21,22)23)12-8-10(5-6-25-12)15-16(20)26-13(30-15)9-14(28)27-7-3-4-11(27)17(24)29/h5-6,8,11H,3-4,7,9H2,1-2H3,(H2,24,29)/t11-/m0/s1. The molecule has 3 rings (SSSR count). The number of halogens is 4. The van der Waals surface area contributed by atoms with Gasteiger partial charge in [-0.1, -0.05) is 11.6 Å². The van der Waals surface area contributed by atoms with E-state index in [1.54, 1.807) is 6.07 Å². The molecule has 0 bridgehead atoms. The zero-order valence-electron chi connectivity index (χ0n) is 16.3. The van der Waals surface area contributed by atoms with Crippen molar-refractivity contribution in [2.75, 3.05) is 6.54 Å². The van der Waals surface area contributed by atoms with Crippen molar-refractivity contribution < 1.29 is 22.8 Å². The highest BCUT2D eigenvalue weighted by molar-refractivity contribution is 7.15. The smallest absolute Gasteiger partial charge is 0.368 e. The van der Waals surface area contributed by atoms with E-state index in [0.717, 1.165) is 25.2 Å². The molecule has 1 aliphatic heterocycles. The highest BCUT2D eigenvalue weighted by Gasteiger charge is 2.49. The molecular weight excluding hydrogens is 441 g/mol. The van der Waals surface area contributed by atoms with Crippen LogP contribution in [0.5, 0.6) is 0 Å². The molecule has 0 spiro atoms. The average Bonchev–Trinajstić information content (AvgIpc) is 3.28. The fourth-order valence-electron chi connectivity index (χ4n) is 3.25. The van der Waals surface area contributed by atoms with Gasteiger partial charge in [0.2, 0.25) is 11.8 Å². The molecule has 11 heteroatoms. The second-order valence-electron chi connectivity index (χ2n) is 7.60. The number of hydrogen-bond acceptors (Lipinski definition) is 5. The number of carbonyl (C=O) groups excluding carboxylic acids is 2. The number of hydrogen-bond donors (Lipinski definition) is 1. The summed E-state index contributed by atoms with van der Waals surface area (Å²) in [5.41, 5.74) is 3.51. The van der Waals surface area contributed by atoms with Gasteiger partial charge in [0.1, 0.15) is 21.6 Å². The average molecular weight is 461 g/mol. The first-order valence-electron chi connectivity index (χ1n) is 9.19. The van der Waals surface area contributed by atoms with Crippen molar-refractivity contribution in [3.05, 3.63) is 34.2 Å². The van der Waals surface area contributed by atoms with Crippen LogP contribution in [0, 0.1) is 0 Å². The molecule has 2 aromatic rings. The van der Waals surface area contributed by atoms with Gasteiger partial charge in [-0.15, -0.1) is 11.3 Å². The molecule has 0 saturated carbocycles. The van der Waals surface area contributed by atoms with Crippen molar-refractivity contribution in [3.63, 3.8) is 0 Å². The Bertz CT molecular complexity index is 977. The van der Waals surface area contributed by atoms with E-state index in [-0.39, 0.29) is 23.2 Å². The minimum atomic E-state index is -4.47. The van der Waals surface area contributed by atoms with Crippen LogP contribution in [0.3, 0.4) is 0 Å². The molecule has 0 aromatic carbocycles. The molecule has 1 aliphatic rings. The zero-order chi connectivity index (χ0) is 22.3. The van der Waals surface area contributed by atoms with E-state index in [4.69, 9.17) is 17.3 Å². The number of rotatable bonds is 5. The normalized spacial score (nSPS) is 17.4. The van der Waals surface area contributed by atoms with Gasteiger partial charge in [0.05, 0.1) is 17.0 Å². The second kappa shape index (κ2) is 8.14. The number of nitrogens with two attached hydrogens (primary N) is 1. The minimum absolute atomic E-state index is 0.0693. The van der Waals surface area contributed by atoms with Gasteiger partial charge in [0.25, 0.3) is 0 Å². The molecule has 3 heterocycles. The number of thiazole rings is 1. The lowest BCUT2D eigenvalue weighted by Crippen LogP contribution is -2.44. The molecule has 162 valence electrons. The fourth-order valence-corrected chi connectivity index (χ4v) is 4.57. The maximum absolute atomic E-state index is 13.4. The molecule has 0 aliphatic carbocycles. The van der Waals surface area contributed by atoms with E-state index >= 15 is 0 Å². The molecule has 2 N–H and O–H groups in total. The summed E-state index contributed by atoms with van der Waals surface area (Å²) in [5.74, 6) is -0.836. The Morgan fingerprint density at radius 2 is 2.07 bits per heavy atom. The third-order valence-electron chi connectivity index (χ3n) is 5.21. The van der Waals surface area contributed by atoms with Gasteiger partial charge in [-0.2, -0.15) is 13.2 Å². The van der Waals surface area contributed by atoms with E-state index < -0.39 is 23.5 Å². The maximum atomic E-state index is 13.4. The number of amides is 2. The van der Waals surface area contributed by atoms with E-state index in [2.05, 4.69) is 9.97 Å². The molecule has 0 radical (unpaired) electrons. The van der Waals surface area contributed by atoms with Gasteiger partial charge in [-0.3, -0.25) is 14.6 Å². The lowest BCUT2D eigenvalue weighted by molar-refractivity contribution is -0.181. The molecular formula is C19H20ClF3N4O2S. The van der Waals surface area contributed by atoms with Gasteiger partial charge < -0.3 is 10.6 Å². The third kappa shape index (κ3) is 4.29. The summed E-state index contributed by atoms with van der Waals surface area (Å²) in [5, 5.41) is 0.501. The van der Waals surface area contributed by atoms with Crippen LogP contribution in [0.2, 0.25) is 5.15 Å². The Morgan fingerprint density at radius 3 is 2.70 bits per heavy atom. The van der Waals surface area contributed by atoms with Crippen LogP contribution in [-0.4, -0.2) is 45.4 Å². The summed E-state index contributed by atoms with van der Waals surface area (Å²) >= 11 is 7.34. The molecule has 1 atom stereocenters. The Kier molecular flexibility index (Phi) is 6.10. The monoisotopic (exact) mass is 460 g/mol. The molecule has 2 amide bonds. The third-order valence-corrected chi connectivity index (χ3v) is 6.70. The van der Waals surface area contributed by atoms with Gasteiger partial charge in [0.15, 0.2) is 0 Å². The molecule has 2 aromatic heterocycles. The van der Waals surface area contributed by atoms with Crippen LogP contribution < -0.4 is 5.73 Å². The summed E-state index contributed by atoms with van der Waals surface area (Å²) < 4.78 is 40.1. The van der Waals surface area contributed by atoms with E-state index in [1.165, 1.54) is 17.2 Å². The lowest BCUT2D eigenvalue weighted by atomic mass is 9.87. The van der Waals surface area contributed by atoms with Gasteiger partial charge in [-0.05, 0) is 44.4 Å². The van der Waals surface area contributed by atoms with Crippen LogP contribution in [-0.2, 0) is 21.4 Å². The van der Waals surface area contributed by atoms with E-state index in [9.17, 15) is 22.8 Å². The first-order chi connectivity index (χ1) is 13.9. The van der Waals surface area contributed by atoms with Crippen LogP contribution in [0.15, 0.2) is 18.3 Å². The van der Waals surface area contributed by atoms with Crippen molar-refractivity contribution in [3.8, 4) is 10.4 Å². The van der Waals surface area contributed by atoms with Crippen molar-refractivity contribution >= 4 is 34.8 Å². The summed E-state index contributed by atoms with van der Waals surface area (Å²) in [4.78, 5) is 34.1.